The smallest absolute Gasteiger partial charge is 0.369 e. The minimum atomic E-state index is -4.76. The van der Waals surface area contributed by atoms with E-state index in [-0.39, 0.29) is 11.3 Å². The lowest BCUT2D eigenvalue weighted by Crippen LogP contribution is -2.48. The van der Waals surface area contributed by atoms with Crippen molar-refractivity contribution >= 4 is 29.1 Å². The fourth-order valence-electron chi connectivity index (χ4n) is 4.31. The highest BCUT2D eigenvalue weighted by atomic mass is 19.4. The second kappa shape index (κ2) is 13.1. The summed E-state index contributed by atoms with van der Waals surface area (Å²) in [5.74, 6) is -3.73. The number of hydrogen-bond donors (Lipinski definition) is 3. The van der Waals surface area contributed by atoms with Crippen molar-refractivity contribution in [1.82, 2.24) is 5.32 Å². The van der Waals surface area contributed by atoms with Crippen LogP contribution in [0, 0.1) is 36.4 Å². The van der Waals surface area contributed by atoms with Crippen molar-refractivity contribution in [3.05, 3.63) is 65.0 Å². The number of benzodiazepines with no additional fused rings is 1. The number of amides is 3. The molecule has 3 rings (SSSR count). The Morgan fingerprint density at radius 2 is 1.74 bits per heavy atom. The van der Waals surface area contributed by atoms with E-state index in [2.05, 4.69) is 21.5 Å². The molecule has 2 aromatic carbocycles. The Bertz CT molecular complexity index is 1440. The normalized spacial score (nSPS) is 16.5. The number of nitrogens with two attached hydrogens (primary N) is 1. The molecule has 0 bridgehead atoms. The third-order valence-electron chi connectivity index (χ3n) is 6.32. The molecule has 0 saturated heterocycles. The maximum Gasteiger partial charge on any atom is 0.399 e. The van der Waals surface area contributed by atoms with Gasteiger partial charge in [-0.15, -0.1) is 5.92 Å². The molecule has 1 heterocycles. The molecule has 0 aromatic heterocycles. The Hall–Kier alpha value is -4.41. The third-order valence-corrected chi connectivity index (χ3v) is 6.32. The lowest BCUT2D eigenvalue weighted by molar-refractivity contribution is -0.146. The standard InChI is InChI=1S/C28H25F7N4O3/c1-15-6-4-10-20-21(15)38-26(42)24(37-22(20)16-7-5-8-17(29)14-16)39-25(41)19(11-13-28(33,34)35)18(23(36)40)9-2-3-12-27(30,31)32/h4-8,10,14,18-19,24H,9,11-13H2,1H3,(H2,36,40)(H,38,42)(H,39,41)/t18-,19+,24+/m0/s1. The quantitative estimate of drug-likeness (QED) is 0.301. The number of benzene rings is 2. The van der Waals surface area contributed by atoms with Gasteiger partial charge in [0, 0.05) is 24.0 Å². The summed E-state index contributed by atoms with van der Waals surface area (Å²) in [5.41, 5.74) is 6.88. The molecule has 4 N–H and O–H groups in total. The minimum Gasteiger partial charge on any atom is -0.369 e. The number of nitrogens with one attached hydrogen (secondary N) is 2. The van der Waals surface area contributed by atoms with Crippen LogP contribution in [0.25, 0.3) is 0 Å². The Morgan fingerprint density at radius 3 is 2.36 bits per heavy atom. The number of anilines is 1. The van der Waals surface area contributed by atoms with Crippen molar-refractivity contribution in [3.63, 3.8) is 0 Å². The SMILES string of the molecule is Cc1cccc2c1NC(=O)[C@@H](NC(=O)[C@H](CCC(F)(F)F)[C@H](CC#CCC(F)(F)F)C(N)=O)N=C2c1cccc(F)c1. The maximum absolute atomic E-state index is 14.1. The van der Waals surface area contributed by atoms with Gasteiger partial charge in [0.05, 0.1) is 23.2 Å². The van der Waals surface area contributed by atoms with Crippen LogP contribution in [0.4, 0.5) is 36.4 Å². The van der Waals surface area contributed by atoms with Crippen LogP contribution in [-0.4, -0.2) is 42.0 Å². The van der Waals surface area contributed by atoms with Gasteiger partial charge in [-0.1, -0.05) is 36.3 Å². The van der Waals surface area contributed by atoms with E-state index >= 15 is 0 Å². The van der Waals surface area contributed by atoms with Crippen molar-refractivity contribution in [1.29, 1.82) is 0 Å². The summed E-state index contributed by atoms with van der Waals surface area (Å²) in [5, 5.41) is 4.83. The molecule has 42 heavy (non-hydrogen) atoms. The Morgan fingerprint density at radius 1 is 1.05 bits per heavy atom. The summed E-state index contributed by atoms with van der Waals surface area (Å²) in [6.45, 7) is 1.67. The first-order chi connectivity index (χ1) is 19.6. The van der Waals surface area contributed by atoms with E-state index in [1.54, 1.807) is 31.0 Å². The zero-order valence-electron chi connectivity index (χ0n) is 22.0. The van der Waals surface area contributed by atoms with E-state index in [1.165, 1.54) is 18.2 Å². The van der Waals surface area contributed by atoms with E-state index in [0.717, 1.165) is 6.07 Å². The summed E-state index contributed by atoms with van der Waals surface area (Å²) < 4.78 is 90.7. The van der Waals surface area contributed by atoms with Crippen molar-refractivity contribution < 1.29 is 45.1 Å². The topological polar surface area (TPSA) is 114 Å². The maximum atomic E-state index is 14.1. The van der Waals surface area contributed by atoms with Gasteiger partial charge >= 0.3 is 12.4 Å². The number of carbonyl (C=O) groups is 3. The highest BCUT2D eigenvalue weighted by molar-refractivity contribution is 6.20. The highest BCUT2D eigenvalue weighted by Crippen LogP contribution is 2.31. The van der Waals surface area contributed by atoms with Crippen molar-refractivity contribution in [2.45, 2.75) is 51.1 Å². The van der Waals surface area contributed by atoms with E-state index in [1.807, 2.05) is 0 Å². The average molecular weight is 599 g/mol. The lowest BCUT2D eigenvalue weighted by Gasteiger charge is -2.25. The molecule has 224 valence electrons. The number of para-hydroxylation sites is 1. The van der Waals surface area contributed by atoms with Gasteiger partial charge in [-0.25, -0.2) is 9.38 Å². The van der Waals surface area contributed by atoms with Gasteiger partial charge in [0.2, 0.25) is 18.0 Å². The van der Waals surface area contributed by atoms with Gasteiger partial charge in [0.15, 0.2) is 0 Å². The summed E-state index contributed by atoms with van der Waals surface area (Å²) in [7, 11) is 0. The molecule has 1 aliphatic rings. The Labute approximate surface area is 235 Å². The predicted octanol–water partition coefficient (Wildman–Crippen LogP) is 4.77. The zero-order valence-corrected chi connectivity index (χ0v) is 22.0. The van der Waals surface area contributed by atoms with Crippen LogP contribution in [0.15, 0.2) is 47.5 Å². The van der Waals surface area contributed by atoms with Gasteiger partial charge in [-0.3, -0.25) is 14.4 Å². The number of carbonyl (C=O) groups excluding carboxylic acids is 3. The molecule has 0 spiro atoms. The fraction of sp³-hybridized carbons (Fsp3) is 0.357. The summed E-state index contributed by atoms with van der Waals surface area (Å²) >= 11 is 0. The molecule has 0 unspecified atom stereocenters. The molecule has 1 aliphatic heterocycles. The first-order valence-electron chi connectivity index (χ1n) is 12.5. The zero-order chi connectivity index (χ0) is 31.2. The summed E-state index contributed by atoms with van der Waals surface area (Å²) in [6.07, 6.45) is -16.0. The molecule has 0 saturated carbocycles. The predicted molar refractivity (Wildman–Crippen MR) is 138 cm³/mol. The highest BCUT2D eigenvalue weighted by Gasteiger charge is 2.38. The second-order valence-corrected chi connectivity index (χ2v) is 9.50. The number of nitrogens with zero attached hydrogens (tertiary/aromatic N) is 1. The van der Waals surface area contributed by atoms with Gasteiger partial charge in [-0.05, 0) is 31.0 Å². The van der Waals surface area contributed by atoms with Crippen LogP contribution in [0.2, 0.25) is 0 Å². The number of hydrogen-bond acceptors (Lipinski definition) is 4. The van der Waals surface area contributed by atoms with E-state index in [4.69, 9.17) is 5.73 Å². The number of aliphatic imine (C=N–C) groups is 1. The van der Waals surface area contributed by atoms with E-state index in [0.29, 0.717) is 16.8 Å². The molecular formula is C28H25F7N4O3. The number of aryl methyl sites for hydroxylation is 1. The van der Waals surface area contributed by atoms with Gasteiger partial charge in [0.25, 0.3) is 5.91 Å². The van der Waals surface area contributed by atoms with Crippen molar-refractivity contribution in [2.24, 2.45) is 22.6 Å². The Kier molecular flexibility index (Phi) is 9.98. The van der Waals surface area contributed by atoms with Gasteiger partial charge < -0.3 is 16.4 Å². The van der Waals surface area contributed by atoms with Crippen LogP contribution in [-0.2, 0) is 14.4 Å². The molecule has 14 heteroatoms. The molecule has 7 nitrogen and oxygen atoms in total. The van der Waals surface area contributed by atoms with Crippen LogP contribution in [0.1, 0.15) is 42.4 Å². The Balaban J connectivity index is 2.00. The van der Waals surface area contributed by atoms with Gasteiger partial charge in [-0.2, -0.15) is 26.3 Å². The van der Waals surface area contributed by atoms with Crippen LogP contribution < -0.4 is 16.4 Å². The van der Waals surface area contributed by atoms with Crippen LogP contribution in [0.5, 0.6) is 0 Å². The number of halogens is 7. The molecule has 0 fully saturated rings. The minimum absolute atomic E-state index is 0.0770. The second-order valence-electron chi connectivity index (χ2n) is 9.50. The summed E-state index contributed by atoms with van der Waals surface area (Å²) in [6, 6.07) is 10.1. The summed E-state index contributed by atoms with van der Waals surface area (Å²) in [4.78, 5) is 42.9. The molecule has 3 atom stereocenters. The van der Waals surface area contributed by atoms with Gasteiger partial charge in [0.1, 0.15) is 12.2 Å². The number of alkyl halides is 6. The first kappa shape index (κ1) is 32.1. The number of fused-ring (bicyclic) bond motifs is 1. The molecular weight excluding hydrogens is 573 g/mol. The monoisotopic (exact) mass is 598 g/mol. The fourth-order valence-corrected chi connectivity index (χ4v) is 4.31. The first-order valence-corrected chi connectivity index (χ1v) is 12.5. The van der Waals surface area contributed by atoms with Crippen molar-refractivity contribution in [3.8, 4) is 11.8 Å². The largest absolute Gasteiger partial charge is 0.399 e. The van der Waals surface area contributed by atoms with Crippen LogP contribution >= 0.6 is 0 Å². The van der Waals surface area contributed by atoms with Crippen molar-refractivity contribution in [2.75, 3.05) is 5.32 Å². The average Bonchev–Trinajstić information content (AvgIpc) is 3.01. The van der Waals surface area contributed by atoms with E-state index < -0.39 is 79.6 Å². The van der Waals surface area contributed by atoms with Crippen LogP contribution in [0.3, 0.4) is 0 Å². The molecule has 0 aliphatic carbocycles. The third kappa shape index (κ3) is 8.79. The lowest BCUT2D eigenvalue weighted by atomic mass is 9.84. The molecule has 2 aromatic rings. The van der Waals surface area contributed by atoms with E-state index in [9.17, 15) is 45.1 Å². The molecule has 0 radical (unpaired) electrons. The number of rotatable bonds is 8. The number of primary amides is 1. The molecule has 3 amide bonds.